The second kappa shape index (κ2) is 10.3. The molecule has 37 heavy (non-hydrogen) atoms. The molecule has 0 radical (unpaired) electrons. The molecule has 0 aliphatic heterocycles. The van der Waals surface area contributed by atoms with Crippen LogP contribution in [0, 0.1) is 18.3 Å². The summed E-state index contributed by atoms with van der Waals surface area (Å²) in [4.78, 5) is 31.0. The zero-order valence-electron chi connectivity index (χ0n) is 20.9. The Kier molecular flexibility index (Phi) is 7.14. The molecular weight excluding hydrogens is 488 g/mol. The second-order valence-electron chi connectivity index (χ2n) is 9.53. The fourth-order valence-electron chi connectivity index (χ4n) is 3.69. The van der Waals surface area contributed by atoms with Gasteiger partial charge < -0.3 is 10.1 Å². The molecule has 0 aliphatic rings. The van der Waals surface area contributed by atoms with Crippen LogP contribution in [0.15, 0.2) is 77.2 Å². The van der Waals surface area contributed by atoms with Gasteiger partial charge in [-0.15, -0.1) is 0 Å². The van der Waals surface area contributed by atoms with Crippen molar-refractivity contribution >= 4 is 34.9 Å². The van der Waals surface area contributed by atoms with E-state index in [1.165, 1.54) is 10.5 Å². The van der Waals surface area contributed by atoms with Crippen molar-refractivity contribution in [3.63, 3.8) is 0 Å². The smallest absolute Gasteiger partial charge is 0.269 e. The quantitative estimate of drug-likeness (QED) is 0.250. The minimum atomic E-state index is -0.695. The van der Waals surface area contributed by atoms with E-state index in [1.54, 1.807) is 48.7 Å². The minimum Gasteiger partial charge on any atom is -0.438 e. The average molecular weight is 513 g/mol. The highest BCUT2D eigenvalue weighted by Crippen LogP contribution is 2.28. The molecule has 4 aromatic rings. The molecule has 4 rings (SSSR count). The Morgan fingerprint density at radius 1 is 1.14 bits per heavy atom. The zero-order valence-corrected chi connectivity index (χ0v) is 21.6. The van der Waals surface area contributed by atoms with Crippen molar-refractivity contribution in [1.29, 1.82) is 5.26 Å². The third-order valence-electron chi connectivity index (χ3n) is 5.72. The predicted molar refractivity (Wildman–Crippen MR) is 145 cm³/mol. The highest BCUT2D eigenvalue weighted by molar-refractivity contribution is 6.31. The van der Waals surface area contributed by atoms with Gasteiger partial charge in [0.2, 0.25) is 5.88 Å². The highest BCUT2D eigenvalue weighted by Gasteiger charge is 2.19. The van der Waals surface area contributed by atoms with Crippen LogP contribution in [0.4, 0.5) is 5.69 Å². The number of carbonyl (C=O) groups excluding carboxylic acids is 1. The number of fused-ring (bicyclic) bond motifs is 1. The minimum absolute atomic E-state index is 0.00823. The summed E-state index contributed by atoms with van der Waals surface area (Å²) in [5.41, 5.74) is 1.88. The molecule has 7 nitrogen and oxygen atoms in total. The van der Waals surface area contributed by atoms with E-state index >= 15 is 0 Å². The summed E-state index contributed by atoms with van der Waals surface area (Å²) in [6.07, 6.45) is 2.78. The van der Waals surface area contributed by atoms with Crippen molar-refractivity contribution in [3.05, 3.63) is 105 Å². The lowest BCUT2D eigenvalue weighted by Crippen LogP contribution is -2.20. The van der Waals surface area contributed by atoms with E-state index in [2.05, 4.69) is 31.1 Å². The summed E-state index contributed by atoms with van der Waals surface area (Å²) in [5.74, 6) is -0.237. The van der Waals surface area contributed by atoms with Crippen LogP contribution in [0.2, 0.25) is 5.02 Å². The van der Waals surface area contributed by atoms with Gasteiger partial charge in [0.1, 0.15) is 28.6 Å². The van der Waals surface area contributed by atoms with Crippen molar-refractivity contribution in [1.82, 2.24) is 9.38 Å². The Hall–Kier alpha value is -4.41. The van der Waals surface area contributed by atoms with Gasteiger partial charge in [-0.3, -0.25) is 14.0 Å². The number of aromatic nitrogens is 2. The molecule has 2 aromatic carbocycles. The number of carbonyl (C=O) groups is 1. The van der Waals surface area contributed by atoms with Crippen molar-refractivity contribution in [2.24, 2.45) is 0 Å². The van der Waals surface area contributed by atoms with Crippen molar-refractivity contribution in [2.75, 3.05) is 5.32 Å². The van der Waals surface area contributed by atoms with Crippen LogP contribution in [0.3, 0.4) is 0 Å². The van der Waals surface area contributed by atoms with E-state index in [0.717, 1.165) is 11.1 Å². The molecule has 2 aromatic heterocycles. The van der Waals surface area contributed by atoms with Crippen molar-refractivity contribution < 1.29 is 9.53 Å². The maximum absolute atomic E-state index is 13.5. The Labute approximate surface area is 219 Å². The first kappa shape index (κ1) is 25.7. The van der Waals surface area contributed by atoms with E-state index < -0.39 is 11.5 Å². The first-order valence-corrected chi connectivity index (χ1v) is 11.9. The molecule has 1 amide bonds. The van der Waals surface area contributed by atoms with Gasteiger partial charge in [-0.25, -0.2) is 0 Å². The third-order valence-corrected chi connectivity index (χ3v) is 5.96. The lowest BCUT2D eigenvalue weighted by molar-refractivity contribution is -0.112. The van der Waals surface area contributed by atoms with Crippen LogP contribution in [0.5, 0.6) is 11.6 Å². The van der Waals surface area contributed by atoms with Crippen molar-refractivity contribution in [3.8, 4) is 17.7 Å². The van der Waals surface area contributed by atoms with E-state index in [9.17, 15) is 14.9 Å². The van der Waals surface area contributed by atoms with E-state index in [4.69, 9.17) is 16.3 Å². The molecule has 0 bridgehead atoms. The summed E-state index contributed by atoms with van der Waals surface area (Å²) in [7, 11) is 0. The number of benzene rings is 2. The van der Waals surface area contributed by atoms with Gasteiger partial charge in [-0.2, -0.15) is 10.2 Å². The molecule has 2 heterocycles. The molecule has 8 heteroatoms. The molecule has 0 unspecified atom stereocenters. The van der Waals surface area contributed by atoms with Crippen LogP contribution in [0.1, 0.15) is 37.5 Å². The van der Waals surface area contributed by atoms with Crippen LogP contribution < -0.4 is 15.6 Å². The maximum Gasteiger partial charge on any atom is 0.269 e. The van der Waals surface area contributed by atoms with Gasteiger partial charge in [0.05, 0.1) is 0 Å². The fourth-order valence-corrected chi connectivity index (χ4v) is 3.88. The first-order chi connectivity index (χ1) is 17.6. The summed E-state index contributed by atoms with van der Waals surface area (Å²) in [5, 5.41) is 12.8. The van der Waals surface area contributed by atoms with Gasteiger partial charge in [0.25, 0.3) is 11.5 Å². The third kappa shape index (κ3) is 5.71. The Bertz CT molecular complexity index is 1620. The molecule has 0 saturated carbocycles. The summed E-state index contributed by atoms with van der Waals surface area (Å²) in [6.45, 7) is 8.16. The number of pyridine rings is 1. The zero-order chi connectivity index (χ0) is 26.7. The monoisotopic (exact) mass is 512 g/mol. The largest absolute Gasteiger partial charge is 0.438 e. The molecular formula is C29H25ClN4O3. The van der Waals surface area contributed by atoms with Gasteiger partial charge in [-0.05, 0) is 65.9 Å². The van der Waals surface area contributed by atoms with E-state index in [-0.39, 0.29) is 22.4 Å². The second-order valence-corrected chi connectivity index (χ2v) is 9.97. The molecule has 0 spiro atoms. The van der Waals surface area contributed by atoms with Crippen LogP contribution in [-0.4, -0.2) is 15.3 Å². The number of aryl methyl sites for hydroxylation is 1. The Balaban J connectivity index is 1.81. The van der Waals surface area contributed by atoms with Crippen LogP contribution in [0.25, 0.3) is 11.7 Å². The van der Waals surface area contributed by atoms with Crippen LogP contribution >= 0.6 is 11.6 Å². The number of nitrogens with zero attached hydrogens (tertiary/aromatic N) is 3. The van der Waals surface area contributed by atoms with E-state index in [1.807, 2.05) is 31.2 Å². The number of nitrogens with one attached hydrogen (secondary N) is 1. The number of amides is 1. The normalized spacial score (nSPS) is 11.7. The number of hydrogen-bond acceptors (Lipinski definition) is 5. The number of nitriles is 1. The molecule has 0 aliphatic carbocycles. The van der Waals surface area contributed by atoms with Gasteiger partial charge >= 0.3 is 0 Å². The highest BCUT2D eigenvalue weighted by atomic mass is 35.5. The number of halogens is 1. The summed E-state index contributed by atoms with van der Waals surface area (Å²) >= 11 is 5.99. The first-order valence-electron chi connectivity index (χ1n) is 11.6. The van der Waals surface area contributed by atoms with Crippen LogP contribution in [-0.2, 0) is 10.2 Å². The average Bonchev–Trinajstić information content (AvgIpc) is 2.84. The Morgan fingerprint density at radius 3 is 2.51 bits per heavy atom. The maximum atomic E-state index is 13.5. The fraction of sp³-hybridized carbons (Fsp3) is 0.172. The summed E-state index contributed by atoms with van der Waals surface area (Å²) < 4.78 is 7.41. The number of hydrogen-bond donors (Lipinski definition) is 1. The Morgan fingerprint density at radius 2 is 1.86 bits per heavy atom. The standard InChI is InChI=1S/C29H25ClN4O3/c1-18-7-6-14-34-25(18)33-27(37-23-12-10-20(11-13-23)29(2,3)4)24(28(34)36)15-19(17-31)26(35)32-22-9-5-8-21(30)16-22/h5-16H,1-4H3,(H,32,35)/b19-15-. The van der Waals surface area contributed by atoms with Gasteiger partial charge in [0.15, 0.2) is 0 Å². The molecule has 0 atom stereocenters. The lowest BCUT2D eigenvalue weighted by atomic mass is 9.87. The summed E-state index contributed by atoms with van der Waals surface area (Å²) in [6, 6.07) is 19.5. The molecule has 1 N–H and O–H groups in total. The molecule has 0 fully saturated rings. The number of anilines is 1. The SMILES string of the molecule is Cc1cccn2c(=O)c(/C=C(/C#N)C(=O)Nc3cccc(Cl)c3)c(Oc3ccc(C(C)(C)C)cc3)nc12. The lowest BCUT2D eigenvalue weighted by Gasteiger charge is -2.19. The van der Waals surface area contributed by atoms with Gasteiger partial charge in [0, 0.05) is 16.9 Å². The number of rotatable bonds is 5. The molecule has 0 saturated heterocycles. The molecule has 186 valence electrons. The van der Waals surface area contributed by atoms with Crippen molar-refractivity contribution in [2.45, 2.75) is 33.1 Å². The predicted octanol–water partition coefficient (Wildman–Crippen LogP) is 6.29. The number of ether oxygens (including phenoxy) is 1. The van der Waals surface area contributed by atoms with E-state index in [0.29, 0.717) is 22.1 Å². The topological polar surface area (TPSA) is 96.5 Å². The van der Waals surface area contributed by atoms with Gasteiger partial charge in [-0.1, -0.05) is 56.6 Å².